The van der Waals surface area contributed by atoms with E-state index in [2.05, 4.69) is 10.0 Å². The molecule has 5 nitrogen and oxygen atoms in total. The first-order valence-corrected chi connectivity index (χ1v) is 6.91. The van der Waals surface area contributed by atoms with Crippen LogP contribution >= 0.6 is 0 Å². The van der Waals surface area contributed by atoms with Gasteiger partial charge in [0, 0.05) is 11.4 Å². The lowest BCUT2D eigenvalue weighted by atomic mass is 10.3. The lowest BCUT2D eigenvalue weighted by molar-refractivity contribution is 0.561. The molecule has 0 aromatic heterocycles. The van der Waals surface area contributed by atoms with Crippen molar-refractivity contribution in [1.82, 2.24) is 0 Å². The number of carbonyl (C=O) groups excluding carboxylic acids is 1. The fourth-order valence-electron chi connectivity index (χ4n) is 1.50. The second-order valence-electron chi connectivity index (χ2n) is 3.72. The largest absolute Gasteiger partial charge is 0.318 e. The summed E-state index contributed by atoms with van der Waals surface area (Å²) >= 11 is 0. The molecule has 0 saturated carbocycles. The van der Waals surface area contributed by atoms with E-state index in [-0.39, 0.29) is 4.90 Å². The predicted molar refractivity (Wildman–Crippen MR) is 73.0 cm³/mol. The van der Waals surface area contributed by atoms with Gasteiger partial charge in [-0.2, -0.15) is 0 Å². The molecule has 0 bridgehead atoms. The number of rotatable bonds is 5. The molecule has 0 aliphatic carbocycles. The van der Waals surface area contributed by atoms with Crippen LogP contribution in [0.15, 0.2) is 59.5 Å². The Hall–Kier alpha value is -2.34. The first kappa shape index (κ1) is 13.1. The second kappa shape index (κ2) is 5.53. The van der Waals surface area contributed by atoms with E-state index >= 15 is 0 Å². The number of amides is 1. The van der Waals surface area contributed by atoms with Crippen LogP contribution in [0.3, 0.4) is 0 Å². The van der Waals surface area contributed by atoms with E-state index in [0.29, 0.717) is 11.4 Å². The van der Waals surface area contributed by atoms with E-state index in [1.54, 1.807) is 30.3 Å². The number of sulfonamides is 1. The van der Waals surface area contributed by atoms with Gasteiger partial charge >= 0.3 is 6.41 Å². The monoisotopic (exact) mass is 275 g/mol. The van der Waals surface area contributed by atoms with E-state index in [9.17, 15) is 13.2 Å². The van der Waals surface area contributed by atoms with E-state index < -0.39 is 10.0 Å². The summed E-state index contributed by atoms with van der Waals surface area (Å²) in [5.41, 5.74) is 0.972. The van der Waals surface area contributed by atoms with Gasteiger partial charge in [0.2, 0.25) is 0 Å². The number of benzene rings is 2. The van der Waals surface area contributed by atoms with Crippen LogP contribution in [0.4, 0.5) is 11.4 Å². The van der Waals surface area contributed by atoms with Gasteiger partial charge in [0.15, 0.2) is 0 Å². The quantitative estimate of drug-likeness (QED) is 0.819. The molecular weight excluding hydrogens is 264 g/mol. The Balaban J connectivity index is 2.22. The third kappa shape index (κ3) is 3.32. The molecule has 0 spiro atoms. The molecule has 19 heavy (non-hydrogen) atoms. The Morgan fingerprint density at radius 2 is 1.47 bits per heavy atom. The van der Waals surface area contributed by atoms with Crippen molar-refractivity contribution in [3.05, 3.63) is 54.6 Å². The summed E-state index contributed by atoms with van der Waals surface area (Å²) in [6, 6.07) is 14.4. The molecule has 0 aliphatic rings. The molecule has 2 aromatic carbocycles. The van der Waals surface area contributed by atoms with Gasteiger partial charge < -0.3 is 5.32 Å². The average molecular weight is 275 g/mol. The summed E-state index contributed by atoms with van der Waals surface area (Å²) in [6.45, 7) is 0. The molecule has 0 heterocycles. The van der Waals surface area contributed by atoms with Crippen LogP contribution in [0.25, 0.3) is 0 Å². The highest BCUT2D eigenvalue weighted by Crippen LogP contribution is 2.17. The minimum absolute atomic E-state index is 0.118. The van der Waals surface area contributed by atoms with Crippen LogP contribution < -0.4 is 10.0 Å². The van der Waals surface area contributed by atoms with Gasteiger partial charge in [0.05, 0.1) is 4.90 Å². The maximum absolute atomic E-state index is 12.1. The molecular formula is C13H11N2O3S. The van der Waals surface area contributed by atoms with Gasteiger partial charge in [-0.1, -0.05) is 18.2 Å². The van der Waals surface area contributed by atoms with Crippen molar-refractivity contribution in [2.24, 2.45) is 0 Å². The van der Waals surface area contributed by atoms with Gasteiger partial charge in [-0.25, -0.2) is 8.42 Å². The summed E-state index contributed by atoms with van der Waals surface area (Å²) in [5, 5.41) is 2.32. The first-order valence-electron chi connectivity index (χ1n) is 5.43. The normalized spacial score (nSPS) is 10.7. The van der Waals surface area contributed by atoms with Gasteiger partial charge in [-0.05, 0) is 36.4 Å². The highest BCUT2D eigenvalue weighted by molar-refractivity contribution is 7.92. The van der Waals surface area contributed by atoms with E-state index in [1.165, 1.54) is 30.7 Å². The van der Waals surface area contributed by atoms with Crippen LogP contribution in [0, 0.1) is 0 Å². The lowest BCUT2D eigenvalue weighted by Crippen LogP contribution is -2.12. The molecule has 2 N–H and O–H groups in total. The van der Waals surface area contributed by atoms with Gasteiger partial charge in [0.25, 0.3) is 10.0 Å². The topological polar surface area (TPSA) is 75.3 Å². The molecule has 0 atom stereocenters. The molecule has 0 unspecified atom stereocenters. The zero-order chi connectivity index (χ0) is 13.7. The Kier molecular flexibility index (Phi) is 3.82. The second-order valence-corrected chi connectivity index (χ2v) is 5.41. The molecule has 2 rings (SSSR count). The van der Waals surface area contributed by atoms with Crippen LogP contribution in [0.5, 0.6) is 0 Å². The summed E-state index contributed by atoms with van der Waals surface area (Å²) in [7, 11) is -3.62. The first-order chi connectivity index (χ1) is 9.12. The highest BCUT2D eigenvalue weighted by Gasteiger charge is 2.13. The summed E-state index contributed by atoms with van der Waals surface area (Å²) < 4.78 is 26.6. The standard InChI is InChI=1S/C13H11N2O3S/c16-10-14-11-6-8-13(9-7-11)19(17,18)15-12-4-2-1-3-5-12/h1-9,15H,(H,14,16). The molecule has 0 fully saturated rings. The smallest absolute Gasteiger partial charge is 0.314 e. The zero-order valence-electron chi connectivity index (χ0n) is 9.83. The zero-order valence-corrected chi connectivity index (χ0v) is 10.6. The Morgan fingerprint density at radius 3 is 2.05 bits per heavy atom. The van der Waals surface area contributed by atoms with Crippen LogP contribution in [-0.4, -0.2) is 14.8 Å². The fourth-order valence-corrected chi connectivity index (χ4v) is 2.56. The summed E-state index contributed by atoms with van der Waals surface area (Å²) in [5.74, 6) is 0. The van der Waals surface area contributed by atoms with Gasteiger partial charge in [-0.3, -0.25) is 9.52 Å². The number of hydrogen-bond acceptors (Lipinski definition) is 3. The molecule has 1 radical (unpaired) electrons. The SMILES string of the molecule is O=[C]Nc1ccc(S(=O)(=O)Nc2ccccc2)cc1. The third-order valence-corrected chi connectivity index (χ3v) is 3.78. The van der Waals surface area contributed by atoms with Crippen LogP contribution in [0.1, 0.15) is 0 Å². The summed E-state index contributed by atoms with van der Waals surface area (Å²) in [4.78, 5) is 10.2. The molecule has 0 aliphatic heterocycles. The minimum Gasteiger partial charge on any atom is -0.318 e. The molecule has 6 heteroatoms. The number of para-hydroxylation sites is 1. The Morgan fingerprint density at radius 1 is 0.842 bits per heavy atom. The van der Waals surface area contributed by atoms with Crippen molar-refractivity contribution in [3.63, 3.8) is 0 Å². The maximum Gasteiger partial charge on any atom is 0.314 e. The van der Waals surface area contributed by atoms with Crippen LogP contribution in [0.2, 0.25) is 0 Å². The Labute approximate surface area is 111 Å². The number of anilines is 2. The predicted octanol–water partition coefficient (Wildman–Crippen LogP) is 1.97. The van der Waals surface area contributed by atoms with Gasteiger partial charge in [-0.15, -0.1) is 0 Å². The average Bonchev–Trinajstić information content (AvgIpc) is 2.40. The van der Waals surface area contributed by atoms with Crippen molar-refractivity contribution < 1.29 is 13.2 Å². The third-order valence-electron chi connectivity index (χ3n) is 2.39. The molecule has 97 valence electrons. The number of nitrogens with one attached hydrogen (secondary N) is 2. The van der Waals surface area contributed by atoms with Crippen molar-refractivity contribution >= 4 is 27.8 Å². The van der Waals surface area contributed by atoms with Crippen molar-refractivity contribution in [3.8, 4) is 0 Å². The molecule has 0 saturated heterocycles. The molecule has 1 amide bonds. The van der Waals surface area contributed by atoms with E-state index in [0.717, 1.165) is 0 Å². The van der Waals surface area contributed by atoms with Gasteiger partial charge in [0.1, 0.15) is 0 Å². The lowest BCUT2D eigenvalue weighted by Gasteiger charge is -2.08. The van der Waals surface area contributed by atoms with Crippen molar-refractivity contribution in [2.45, 2.75) is 4.90 Å². The van der Waals surface area contributed by atoms with E-state index in [1.807, 2.05) is 0 Å². The minimum atomic E-state index is -3.62. The molecule has 2 aromatic rings. The van der Waals surface area contributed by atoms with Crippen LogP contribution in [-0.2, 0) is 14.8 Å². The number of hydrogen-bond donors (Lipinski definition) is 2. The summed E-state index contributed by atoms with van der Waals surface area (Å²) in [6.07, 6.45) is 1.52. The van der Waals surface area contributed by atoms with Crippen molar-refractivity contribution in [2.75, 3.05) is 10.0 Å². The highest BCUT2D eigenvalue weighted by atomic mass is 32.2. The van der Waals surface area contributed by atoms with Crippen molar-refractivity contribution in [1.29, 1.82) is 0 Å². The maximum atomic E-state index is 12.1. The van der Waals surface area contributed by atoms with E-state index in [4.69, 9.17) is 0 Å². The Bertz CT molecular complexity index is 652. The fraction of sp³-hybridized carbons (Fsp3) is 0.